The summed E-state index contributed by atoms with van der Waals surface area (Å²) in [5, 5.41) is 10.8. The number of rotatable bonds is 5. The minimum Gasteiger partial charge on any atom is -0.458 e. The van der Waals surface area contributed by atoms with Crippen LogP contribution in [0.5, 0.6) is 0 Å². The fourth-order valence-electron chi connectivity index (χ4n) is 7.01. The number of nitrogen functional groups attached to an aromatic ring is 1. The number of benzene rings is 3. The molecule has 14 heteroatoms. The molecule has 2 aliphatic rings. The second kappa shape index (κ2) is 13.9. The molecule has 12 nitrogen and oxygen atoms in total. The molecule has 0 spiro atoms. The largest absolute Gasteiger partial charge is 0.458 e. The van der Waals surface area contributed by atoms with Gasteiger partial charge in [-0.15, -0.1) is 0 Å². The number of hydrogen-bond donors (Lipinski definition) is 2. The lowest BCUT2D eigenvalue weighted by molar-refractivity contribution is -0.156. The lowest BCUT2D eigenvalue weighted by Gasteiger charge is -2.45. The predicted molar refractivity (Wildman–Crippen MR) is 203 cm³/mol. The van der Waals surface area contributed by atoms with Crippen molar-refractivity contribution in [3.63, 3.8) is 0 Å². The van der Waals surface area contributed by atoms with Gasteiger partial charge in [-0.1, -0.05) is 23.7 Å². The van der Waals surface area contributed by atoms with Gasteiger partial charge < -0.3 is 29.7 Å². The molecule has 0 amide bonds. The van der Waals surface area contributed by atoms with Gasteiger partial charge in [-0.2, -0.15) is 0 Å². The number of piperidine rings is 1. The summed E-state index contributed by atoms with van der Waals surface area (Å²) in [5.74, 6) is -1.90. The third-order valence-electron chi connectivity index (χ3n) is 8.95. The van der Waals surface area contributed by atoms with Crippen molar-refractivity contribution in [3.8, 4) is 0 Å². The zero-order chi connectivity index (χ0) is 38.6. The van der Waals surface area contributed by atoms with Crippen molar-refractivity contribution in [2.24, 2.45) is 0 Å². The zero-order valence-electron chi connectivity index (χ0n) is 30.8. The van der Waals surface area contributed by atoms with Crippen LogP contribution < -0.4 is 20.4 Å². The van der Waals surface area contributed by atoms with Crippen molar-refractivity contribution < 1.29 is 33.0 Å². The number of carbonyl (C=O) groups excluding carboxylic acids is 3. The summed E-state index contributed by atoms with van der Waals surface area (Å²) < 4.78 is 34.2. The smallest absolute Gasteiger partial charge is 0.418 e. The van der Waals surface area contributed by atoms with Crippen LogP contribution in [-0.2, 0) is 23.8 Å². The van der Waals surface area contributed by atoms with Gasteiger partial charge in [-0.3, -0.25) is 19.7 Å². The Morgan fingerprint density at radius 3 is 2.32 bits per heavy atom. The monoisotopic (exact) mass is 746 g/mol. The molecule has 280 valence electrons. The highest BCUT2D eigenvalue weighted by Gasteiger charge is 2.51. The Morgan fingerprint density at radius 1 is 0.925 bits per heavy atom. The number of fused-ring (bicyclic) bond motifs is 2. The summed E-state index contributed by atoms with van der Waals surface area (Å²) >= 11 is 6.33. The Kier molecular flexibility index (Phi) is 9.84. The maximum absolute atomic E-state index is 15.2. The lowest BCUT2D eigenvalue weighted by atomic mass is 9.97. The summed E-state index contributed by atoms with van der Waals surface area (Å²) in [4.78, 5) is 45.4. The first kappa shape index (κ1) is 37.5. The van der Waals surface area contributed by atoms with E-state index in [2.05, 4.69) is 0 Å². The van der Waals surface area contributed by atoms with Gasteiger partial charge in [0.05, 0.1) is 40.9 Å². The van der Waals surface area contributed by atoms with Crippen molar-refractivity contribution in [2.45, 2.75) is 84.4 Å². The van der Waals surface area contributed by atoms with Crippen molar-refractivity contribution >= 4 is 69.1 Å². The molecule has 4 aromatic rings. The standard InChI is InChI=1S/C39H44ClFN6O6/c1-22(48)51-33-21-44(31-19-23(40)11-13-27(31)42)17-16-30(33)46-32-20-24(41)12-14-29(32)47(35(46)36(49)52-38(2,3)4)34(43)26-9-8-10-28-25(26)15-18-45(28)37(50)53-39(5,6)7/h8-15,18-20,30,33,35,43H,16-17,21,42H2,1-7H3/t30-,33-,35?/m1/s1. The van der Waals surface area contributed by atoms with E-state index in [0.717, 1.165) is 0 Å². The Labute approximate surface area is 312 Å². The van der Waals surface area contributed by atoms with Gasteiger partial charge in [0.15, 0.2) is 0 Å². The average Bonchev–Trinajstić information content (AvgIpc) is 3.63. The normalized spacial score (nSPS) is 18.9. The summed E-state index contributed by atoms with van der Waals surface area (Å²) in [7, 11) is 0. The minimum absolute atomic E-state index is 0.100. The highest BCUT2D eigenvalue weighted by atomic mass is 35.5. The van der Waals surface area contributed by atoms with Gasteiger partial charge >= 0.3 is 18.0 Å². The maximum Gasteiger partial charge on any atom is 0.418 e. The SMILES string of the molecule is CC(=O)O[C@@H]1CN(c2cc(Cl)ccc2N)CC[C@H]1N1c2cc(F)ccc2N(C(=N)c2cccc3c2ccn3C(=O)OC(C)(C)C)C1C(=O)OC(C)(C)C. The van der Waals surface area contributed by atoms with Crippen LogP contribution in [0.4, 0.5) is 31.9 Å². The Hall–Kier alpha value is -5.30. The van der Waals surface area contributed by atoms with Gasteiger partial charge in [0, 0.05) is 35.6 Å². The average molecular weight is 747 g/mol. The number of halogens is 2. The number of hydrogen-bond acceptors (Lipinski definition) is 10. The number of carbonyl (C=O) groups is 3. The number of ether oxygens (including phenoxy) is 3. The third kappa shape index (κ3) is 7.61. The van der Waals surface area contributed by atoms with Crippen molar-refractivity contribution in [1.82, 2.24) is 4.57 Å². The molecule has 3 aromatic carbocycles. The number of nitrogens with zero attached hydrogens (tertiary/aromatic N) is 4. The maximum atomic E-state index is 15.2. The number of nitrogens with two attached hydrogens (primary N) is 1. The van der Waals surface area contributed by atoms with E-state index >= 15 is 4.39 Å². The van der Waals surface area contributed by atoms with Crippen LogP contribution in [0.25, 0.3) is 10.9 Å². The van der Waals surface area contributed by atoms with E-state index in [1.54, 1.807) is 95.1 Å². The summed E-state index contributed by atoms with van der Waals surface area (Å²) in [5.41, 5.74) is 7.42. The van der Waals surface area contributed by atoms with Crippen LogP contribution in [0.15, 0.2) is 66.9 Å². The Morgan fingerprint density at radius 2 is 1.64 bits per heavy atom. The van der Waals surface area contributed by atoms with Crippen LogP contribution in [0, 0.1) is 11.2 Å². The van der Waals surface area contributed by atoms with E-state index in [-0.39, 0.29) is 12.4 Å². The van der Waals surface area contributed by atoms with E-state index in [0.29, 0.717) is 57.2 Å². The number of anilines is 4. The highest BCUT2D eigenvalue weighted by Crippen LogP contribution is 2.46. The fourth-order valence-corrected chi connectivity index (χ4v) is 7.17. The van der Waals surface area contributed by atoms with Gasteiger partial charge in [0.25, 0.3) is 0 Å². The van der Waals surface area contributed by atoms with E-state index in [9.17, 15) is 19.8 Å². The number of aromatic nitrogens is 1. The fraction of sp³-hybridized carbons (Fsp3) is 0.385. The van der Waals surface area contributed by atoms with Crippen molar-refractivity contribution in [3.05, 3.63) is 83.3 Å². The molecule has 1 unspecified atom stereocenters. The highest BCUT2D eigenvalue weighted by molar-refractivity contribution is 6.31. The second-order valence-corrected chi connectivity index (χ2v) is 15.7. The molecule has 0 aliphatic carbocycles. The number of amidine groups is 1. The molecule has 1 saturated heterocycles. The molecule has 3 N–H and O–H groups in total. The molecular weight excluding hydrogens is 703 g/mol. The van der Waals surface area contributed by atoms with E-state index in [4.69, 9.17) is 31.5 Å². The van der Waals surface area contributed by atoms with Crippen LogP contribution in [0.1, 0.15) is 60.5 Å². The Balaban J connectivity index is 1.47. The van der Waals surface area contributed by atoms with Crippen LogP contribution in [0.3, 0.4) is 0 Å². The number of esters is 2. The first-order chi connectivity index (χ1) is 24.8. The second-order valence-electron chi connectivity index (χ2n) is 15.2. The molecule has 0 bridgehead atoms. The summed E-state index contributed by atoms with van der Waals surface area (Å²) in [6, 6.07) is 15.4. The predicted octanol–water partition coefficient (Wildman–Crippen LogP) is 7.33. The molecule has 1 fully saturated rings. The van der Waals surface area contributed by atoms with E-state index in [1.807, 2.05) is 4.90 Å². The quantitative estimate of drug-likeness (QED) is 0.0701. The molecule has 2 aliphatic heterocycles. The van der Waals surface area contributed by atoms with Crippen LogP contribution in [0.2, 0.25) is 5.02 Å². The topological polar surface area (TPSA) is 143 Å². The van der Waals surface area contributed by atoms with Gasteiger partial charge in [0.2, 0.25) is 6.17 Å². The molecular formula is C39H44ClFN6O6. The molecule has 0 radical (unpaired) electrons. The number of nitrogens with one attached hydrogen (secondary N) is 1. The Bertz CT molecular complexity index is 2110. The van der Waals surface area contributed by atoms with Crippen molar-refractivity contribution in [2.75, 3.05) is 33.5 Å². The van der Waals surface area contributed by atoms with Crippen LogP contribution >= 0.6 is 11.6 Å². The summed E-state index contributed by atoms with van der Waals surface area (Å²) in [6.07, 6.45) is -0.814. The summed E-state index contributed by atoms with van der Waals surface area (Å²) in [6.45, 7) is 12.4. The van der Waals surface area contributed by atoms with E-state index in [1.165, 1.54) is 34.6 Å². The molecule has 0 saturated carbocycles. The van der Waals surface area contributed by atoms with Crippen LogP contribution in [-0.4, -0.2) is 71.0 Å². The third-order valence-corrected chi connectivity index (χ3v) is 9.19. The first-order valence-corrected chi connectivity index (χ1v) is 17.7. The van der Waals surface area contributed by atoms with Crippen molar-refractivity contribution in [1.29, 1.82) is 5.41 Å². The van der Waals surface area contributed by atoms with Gasteiger partial charge in [0.1, 0.15) is 29.0 Å². The first-order valence-electron chi connectivity index (χ1n) is 17.3. The van der Waals surface area contributed by atoms with Gasteiger partial charge in [-0.05, 0) is 96.5 Å². The minimum atomic E-state index is -1.31. The molecule has 6 rings (SSSR count). The lowest BCUT2D eigenvalue weighted by Crippen LogP contribution is -2.62. The van der Waals surface area contributed by atoms with Gasteiger partial charge in [-0.25, -0.2) is 14.0 Å². The molecule has 53 heavy (non-hydrogen) atoms. The molecule has 1 aromatic heterocycles. The molecule has 3 heterocycles. The zero-order valence-corrected chi connectivity index (χ0v) is 31.5. The van der Waals surface area contributed by atoms with E-state index < -0.39 is 53.4 Å². The molecule has 3 atom stereocenters.